The third-order valence-electron chi connectivity index (χ3n) is 5.68. The van der Waals surface area contributed by atoms with Crippen LogP contribution in [0.4, 0.5) is 0 Å². The second-order valence-electron chi connectivity index (χ2n) is 7.63. The fraction of sp³-hybridized carbons (Fsp3) is 0.333. The molecule has 0 radical (unpaired) electrons. The van der Waals surface area contributed by atoms with E-state index in [4.69, 9.17) is 4.42 Å². The molecule has 2 amide bonds. The van der Waals surface area contributed by atoms with Gasteiger partial charge in [0.15, 0.2) is 0 Å². The number of benzene rings is 2. The molecule has 3 aromatic rings. The SMILES string of the molecule is O=C(NCc1ccco1)C1CCN(C(=O)CCc2ccc3ccccc3c2)CC1. The number of rotatable bonds is 6. The van der Waals surface area contributed by atoms with E-state index in [9.17, 15) is 9.59 Å². The van der Waals surface area contributed by atoms with Crippen molar-refractivity contribution in [1.82, 2.24) is 10.2 Å². The average molecular weight is 390 g/mol. The highest BCUT2D eigenvalue weighted by Crippen LogP contribution is 2.20. The highest BCUT2D eigenvalue weighted by atomic mass is 16.3. The van der Waals surface area contributed by atoms with Crippen LogP contribution >= 0.6 is 0 Å². The Balaban J connectivity index is 1.22. The van der Waals surface area contributed by atoms with E-state index in [0.29, 0.717) is 38.9 Å². The number of nitrogens with zero attached hydrogens (tertiary/aromatic N) is 1. The minimum Gasteiger partial charge on any atom is -0.467 e. The number of likely N-dealkylation sites (tertiary alicyclic amines) is 1. The Hall–Kier alpha value is -3.08. The van der Waals surface area contributed by atoms with Gasteiger partial charge in [0.05, 0.1) is 12.8 Å². The molecule has 0 atom stereocenters. The fourth-order valence-corrected chi connectivity index (χ4v) is 3.93. The first-order valence-corrected chi connectivity index (χ1v) is 10.2. The Bertz CT molecular complexity index is 973. The van der Waals surface area contributed by atoms with Crippen LogP contribution in [-0.4, -0.2) is 29.8 Å². The summed E-state index contributed by atoms with van der Waals surface area (Å²) in [7, 11) is 0. The van der Waals surface area contributed by atoms with E-state index >= 15 is 0 Å². The van der Waals surface area contributed by atoms with Crippen molar-refractivity contribution in [3.8, 4) is 0 Å². The van der Waals surface area contributed by atoms with Gasteiger partial charge in [0.1, 0.15) is 5.76 Å². The topological polar surface area (TPSA) is 62.6 Å². The third kappa shape index (κ3) is 4.86. The largest absolute Gasteiger partial charge is 0.467 e. The van der Waals surface area contributed by atoms with E-state index in [1.54, 1.807) is 6.26 Å². The molecule has 0 bridgehead atoms. The molecule has 2 heterocycles. The summed E-state index contributed by atoms with van der Waals surface area (Å²) in [4.78, 5) is 26.8. The van der Waals surface area contributed by atoms with E-state index in [2.05, 4.69) is 35.6 Å². The van der Waals surface area contributed by atoms with Gasteiger partial charge in [0.2, 0.25) is 11.8 Å². The highest BCUT2D eigenvalue weighted by Gasteiger charge is 2.27. The summed E-state index contributed by atoms with van der Waals surface area (Å²) in [5.41, 5.74) is 1.18. The number of carbonyl (C=O) groups is 2. The summed E-state index contributed by atoms with van der Waals surface area (Å²) in [6.45, 7) is 1.71. The Morgan fingerprint density at radius 1 is 1.00 bits per heavy atom. The average Bonchev–Trinajstić information content (AvgIpc) is 3.29. The monoisotopic (exact) mass is 390 g/mol. The molecular weight excluding hydrogens is 364 g/mol. The maximum Gasteiger partial charge on any atom is 0.223 e. The van der Waals surface area contributed by atoms with Crippen LogP contribution in [0.15, 0.2) is 65.3 Å². The highest BCUT2D eigenvalue weighted by molar-refractivity contribution is 5.83. The van der Waals surface area contributed by atoms with E-state index in [0.717, 1.165) is 12.2 Å². The summed E-state index contributed by atoms with van der Waals surface area (Å²) in [6.07, 6.45) is 4.28. The van der Waals surface area contributed by atoms with Crippen molar-refractivity contribution in [2.75, 3.05) is 13.1 Å². The van der Waals surface area contributed by atoms with Gasteiger partial charge in [0, 0.05) is 25.4 Å². The molecule has 150 valence electrons. The van der Waals surface area contributed by atoms with Gasteiger partial charge in [-0.15, -0.1) is 0 Å². The molecule has 1 saturated heterocycles. The molecule has 4 rings (SSSR count). The Morgan fingerprint density at radius 2 is 1.79 bits per heavy atom. The summed E-state index contributed by atoms with van der Waals surface area (Å²) >= 11 is 0. The molecular formula is C24H26N2O3. The number of carbonyl (C=O) groups excluding carboxylic acids is 2. The van der Waals surface area contributed by atoms with Gasteiger partial charge in [-0.2, -0.15) is 0 Å². The number of hydrogen-bond donors (Lipinski definition) is 1. The lowest BCUT2D eigenvalue weighted by Crippen LogP contribution is -2.43. The number of furan rings is 1. The number of amides is 2. The van der Waals surface area contributed by atoms with Gasteiger partial charge in [-0.1, -0.05) is 42.5 Å². The van der Waals surface area contributed by atoms with Crippen molar-refractivity contribution >= 4 is 22.6 Å². The fourth-order valence-electron chi connectivity index (χ4n) is 3.93. The van der Waals surface area contributed by atoms with Crippen molar-refractivity contribution < 1.29 is 14.0 Å². The molecule has 0 spiro atoms. The lowest BCUT2D eigenvalue weighted by Gasteiger charge is -2.31. The van der Waals surface area contributed by atoms with E-state index in [1.165, 1.54) is 16.3 Å². The van der Waals surface area contributed by atoms with Crippen LogP contribution in [0.5, 0.6) is 0 Å². The van der Waals surface area contributed by atoms with E-state index < -0.39 is 0 Å². The maximum atomic E-state index is 12.6. The van der Waals surface area contributed by atoms with Gasteiger partial charge in [-0.05, 0) is 47.7 Å². The molecule has 0 unspecified atom stereocenters. The molecule has 1 aromatic heterocycles. The second kappa shape index (κ2) is 8.95. The van der Waals surface area contributed by atoms with Gasteiger partial charge in [-0.25, -0.2) is 0 Å². The van der Waals surface area contributed by atoms with Crippen LogP contribution in [-0.2, 0) is 22.6 Å². The predicted molar refractivity (Wildman–Crippen MR) is 112 cm³/mol. The first-order valence-electron chi connectivity index (χ1n) is 10.2. The third-order valence-corrected chi connectivity index (χ3v) is 5.68. The van der Waals surface area contributed by atoms with Crippen LogP contribution in [0, 0.1) is 5.92 Å². The van der Waals surface area contributed by atoms with Gasteiger partial charge >= 0.3 is 0 Å². The molecule has 29 heavy (non-hydrogen) atoms. The predicted octanol–water partition coefficient (Wildman–Crippen LogP) is 3.92. The number of hydrogen-bond acceptors (Lipinski definition) is 3. The number of nitrogens with one attached hydrogen (secondary N) is 1. The van der Waals surface area contributed by atoms with Crippen molar-refractivity contribution in [1.29, 1.82) is 0 Å². The molecule has 1 fully saturated rings. The lowest BCUT2D eigenvalue weighted by atomic mass is 9.95. The Kier molecular flexibility index (Phi) is 5.94. The zero-order chi connectivity index (χ0) is 20.1. The molecule has 1 aliphatic rings. The molecule has 2 aromatic carbocycles. The minimum absolute atomic E-state index is 0.0329. The maximum absolute atomic E-state index is 12.6. The zero-order valence-corrected chi connectivity index (χ0v) is 16.5. The van der Waals surface area contributed by atoms with Crippen LogP contribution in [0.3, 0.4) is 0 Å². The van der Waals surface area contributed by atoms with E-state index in [-0.39, 0.29) is 17.7 Å². The minimum atomic E-state index is -0.0329. The number of piperidine rings is 1. The smallest absolute Gasteiger partial charge is 0.223 e. The van der Waals surface area contributed by atoms with Gasteiger partial charge in [-0.3, -0.25) is 9.59 Å². The lowest BCUT2D eigenvalue weighted by molar-refractivity contribution is -0.135. The van der Waals surface area contributed by atoms with Gasteiger partial charge in [0.25, 0.3) is 0 Å². The molecule has 5 nitrogen and oxygen atoms in total. The summed E-state index contributed by atoms with van der Waals surface area (Å²) in [5, 5.41) is 5.35. The first kappa shape index (κ1) is 19.2. The van der Waals surface area contributed by atoms with Crippen LogP contribution in [0.1, 0.15) is 30.6 Å². The van der Waals surface area contributed by atoms with E-state index in [1.807, 2.05) is 29.2 Å². The zero-order valence-electron chi connectivity index (χ0n) is 16.5. The Labute approximate surface area is 170 Å². The molecule has 1 N–H and O–H groups in total. The van der Waals surface area contributed by atoms with Crippen molar-refractivity contribution in [3.05, 3.63) is 72.2 Å². The number of aryl methyl sites for hydroxylation is 1. The molecule has 0 saturated carbocycles. The summed E-state index contributed by atoms with van der Waals surface area (Å²) in [6, 6.07) is 18.3. The van der Waals surface area contributed by atoms with Crippen molar-refractivity contribution in [2.45, 2.75) is 32.2 Å². The quantitative estimate of drug-likeness (QED) is 0.694. The molecule has 5 heteroatoms. The summed E-state index contributed by atoms with van der Waals surface area (Å²) < 4.78 is 5.24. The van der Waals surface area contributed by atoms with Crippen molar-refractivity contribution in [2.24, 2.45) is 5.92 Å². The summed E-state index contributed by atoms with van der Waals surface area (Å²) in [5.74, 6) is 0.936. The van der Waals surface area contributed by atoms with Crippen LogP contribution in [0.25, 0.3) is 10.8 Å². The molecule has 1 aliphatic heterocycles. The van der Waals surface area contributed by atoms with Crippen LogP contribution < -0.4 is 5.32 Å². The van der Waals surface area contributed by atoms with Crippen molar-refractivity contribution in [3.63, 3.8) is 0 Å². The normalized spacial score (nSPS) is 14.8. The second-order valence-corrected chi connectivity index (χ2v) is 7.63. The Morgan fingerprint density at radius 3 is 2.55 bits per heavy atom. The standard InChI is InChI=1S/C24H26N2O3/c27-23(10-8-18-7-9-19-4-1-2-5-21(19)16-18)26-13-11-20(12-14-26)24(28)25-17-22-6-3-15-29-22/h1-7,9,15-16,20H,8,10-14,17H2,(H,25,28). The van der Waals surface area contributed by atoms with Crippen LogP contribution in [0.2, 0.25) is 0 Å². The first-order chi connectivity index (χ1) is 14.2. The van der Waals surface area contributed by atoms with Gasteiger partial charge < -0.3 is 14.6 Å². The molecule has 0 aliphatic carbocycles. The number of fused-ring (bicyclic) bond motifs is 1.